The number of rotatable bonds is 0. The van der Waals surface area contributed by atoms with Crippen LogP contribution in [0.25, 0.3) is 0 Å². The Kier molecular flexibility index (Phi) is 15.6. The van der Waals surface area contributed by atoms with E-state index in [9.17, 15) is 0 Å². The van der Waals surface area contributed by atoms with Crippen LogP contribution >= 0.6 is 7.82 Å². The Labute approximate surface area is 101 Å². The van der Waals surface area contributed by atoms with Crippen LogP contribution in [0, 0.1) is 49.4 Å². The van der Waals surface area contributed by atoms with Crippen molar-refractivity contribution in [2.75, 3.05) is 0 Å². The van der Waals surface area contributed by atoms with Crippen LogP contribution < -0.4 is 0 Å². The van der Waals surface area contributed by atoms with Crippen molar-refractivity contribution in [3.8, 4) is 0 Å². The molecule has 0 aromatic rings. The van der Waals surface area contributed by atoms with Gasteiger partial charge in [0.15, 0.2) is 0 Å². The first kappa shape index (κ1) is 16.3. The zero-order chi connectivity index (χ0) is 4.50. The second-order valence-electron chi connectivity index (χ2n) is 0.513. The fourth-order valence-corrected chi connectivity index (χ4v) is 0. The summed E-state index contributed by atoms with van der Waals surface area (Å²) in [6.07, 6.45) is 0. The molecule has 0 aromatic heterocycles. The van der Waals surface area contributed by atoms with Crippen LogP contribution in [0.5, 0.6) is 0 Å². The van der Waals surface area contributed by atoms with Crippen molar-refractivity contribution < 1.29 is 68.6 Å². The van der Waals surface area contributed by atoms with Crippen LogP contribution in [0.15, 0.2) is 0 Å². The van der Waals surface area contributed by atoms with Crippen LogP contribution in [-0.4, -0.2) is 40.9 Å². The van der Waals surface area contributed by atoms with Crippen LogP contribution in [-0.2, 0) is 4.57 Å². The minimum absolute atomic E-state index is 0. The van der Waals surface area contributed by atoms with Gasteiger partial charge in [0.25, 0.3) is 0 Å². The molecule has 0 unspecified atom stereocenters. The average molecular weight is 462 g/mol. The Balaban J connectivity index is -0.0000000800. The molecule has 0 aromatic carbocycles. The maximum Gasteiger partial charge on any atom is 0 e. The summed E-state index contributed by atoms with van der Waals surface area (Å²) in [5.74, 6) is 0. The molecule has 0 fully saturated rings. The van der Waals surface area contributed by atoms with E-state index in [1.54, 1.807) is 0 Å². The zero-order valence-electron chi connectivity index (χ0n) is 3.28. The summed E-state index contributed by atoms with van der Waals surface area (Å²) < 4.78 is 8.88. The van der Waals surface area contributed by atoms with Crippen molar-refractivity contribution in [1.29, 1.82) is 0 Å². The molecule has 0 saturated heterocycles. The van der Waals surface area contributed by atoms with Gasteiger partial charge in [0, 0.05) is 49.4 Å². The van der Waals surface area contributed by atoms with E-state index in [0.717, 1.165) is 0 Å². The molecule has 0 aliphatic rings. The molecule has 1 radical (unpaired) electrons. The summed E-state index contributed by atoms with van der Waals surface area (Å²) in [7, 11) is -4.64. The minimum Gasteiger partial charge on any atom is 0 e. The summed E-state index contributed by atoms with van der Waals surface area (Å²) in [6.45, 7) is 0. The topological polar surface area (TPSA) is 77.8 Å². The van der Waals surface area contributed by atoms with Gasteiger partial charge >= 0.3 is 34.0 Å². The summed E-state index contributed by atoms with van der Waals surface area (Å²) >= 11 is 0. The molecule has 7 heavy (non-hydrogen) atoms. The van der Waals surface area contributed by atoms with Crippen molar-refractivity contribution in [2.24, 2.45) is 0 Å². The van der Waals surface area contributed by atoms with Crippen LogP contribution in [0.3, 0.4) is 0 Å². The summed E-state index contributed by atoms with van der Waals surface area (Å²) in [5, 5.41) is 0. The summed E-state index contributed by atoms with van der Waals surface area (Å²) in [4.78, 5) is 21.6. The molecule has 0 heterocycles. The maximum atomic E-state index is 8.88. The predicted octanol–water partition coefficient (Wildman–Crippen LogP) is -2.11. The van der Waals surface area contributed by atoms with Crippen molar-refractivity contribution in [3.63, 3.8) is 0 Å². The predicted molar refractivity (Wildman–Crippen MR) is 24.2 cm³/mol. The van der Waals surface area contributed by atoms with Gasteiger partial charge < -0.3 is 14.7 Å². The van der Waals surface area contributed by atoms with Crippen molar-refractivity contribution in [3.05, 3.63) is 0 Å². The zero-order valence-corrected chi connectivity index (χ0v) is 12.1. The second-order valence-corrected chi connectivity index (χ2v) is 1.54. The summed E-state index contributed by atoms with van der Waals surface area (Å²) in [6, 6.07) is 0. The second kappa shape index (κ2) is 6.69. The first-order chi connectivity index (χ1) is 2.00. The van der Waals surface area contributed by atoms with Gasteiger partial charge in [-0.25, -0.2) is 4.57 Å². The standard InChI is InChI=1S/Bi.Eu.H3O4P.3H/c;;1-5(2,3)4;;;/h;;(H3,1,2,3,4);;;. The van der Waals surface area contributed by atoms with E-state index in [4.69, 9.17) is 19.2 Å². The van der Waals surface area contributed by atoms with Gasteiger partial charge in [-0.2, -0.15) is 0 Å². The Hall–Kier alpha value is 2.58. The van der Waals surface area contributed by atoms with Crippen LogP contribution in [0.1, 0.15) is 0 Å². The van der Waals surface area contributed by atoms with Crippen molar-refractivity contribution in [1.82, 2.24) is 0 Å². The number of hydrogen-bond acceptors (Lipinski definition) is 1. The molecule has 0 saturated carbocycles. The molecule has 0 bridgehead atoms. The van der Waals surface area contributed by atoms with E-state index in [1.807, 2.05) is 0 Å². The quantitative estimate of drug-likeness (QED) is 0.285. The third kappa shape index (κ3) is 55.9. The SMILES string of the molecule is O=P(O)(O)O.[BiH3].[Eu]. The number of phosphoric acid groups is 1. The van der Waals surface area contributed by atoms with Gasteiger partial charge in [-0.1, -0.05) is 0 Å². The molecule has 0 aliphatic heterocycles. The first-order valence-corrected chi connectivity index (χ1v) is 2.35. The van der Waals surface area contributed by atoms with Gasteiger partial charge in [0.2, 0.25) is 0 Å². The van der Waals surface area contributed by atoms with Gasteiger partial charge in [-0.15, -0.1) is 0 Å². The van der Waals surface area contributed by atoms with Crippen molar-refractivity contribution in [2.45, 2.75) is 0 Å². The molecule has 0 rings (SSSR count). The average Bonchev–Trinajstić information content (AvgIpc) is 0.722. The minimum atomic E-state index is -4.64. The van der Waals surface area contributed by atoms with E-state index < -0.39 is 7.82 Å². The van der Waals surface area contributed by atoms with Gasteiger partial charge in [-0.05, 0) is 0 Å². The van der Waals surface area contributed by atoms with Gasteiger partial charge in [0.1, 0.15) is 0 Å². The molecule has 4 nitrogen and oxygen atoms in total. The Bertz CT molecular complexity index is 57.8. The van der Waals surface area contributed by atoms with E-state index in [-0.39, 0.29) is 75.6 Å². The van der Waals surface area contributed by atoms with Crippen molar-refractivity contribution >= 4 is 34.0 Å². The smallest absolute Gasteiger partial charge is 0 e. The monoisotopic (exact) mass is 463 g/mol. The molecule has 0 spiro atoms. The molecule has 0 atom stereocenters. The molecular weight excluding hydrogens is 456 g/mol. The van der Waals surface area contributed by atoms with Crippen LogP contribution in [0.4, 0.5) is 0 Å². The maximum absolute atomic E-state index is 8.88. The Morgan fingerprint density at radius 1 is 1.14 bits per heavy atom. The van der Waals surface area contributed by atoms with E-state index in [2.05, 4.69) is 0 Å². The number of hydrogen-bond donors (Lipinski definition) is 3. The van der Waals surface area contributed by atoms with Crippen LogP contribution in [0.2, 0.25) is 0 Å². The fraction of sp³-hybridized carbons (Fsp3) is 0. The van der Waals surface area contributed by atoms with E-state index in [0.29, 0.717) is 0 Å². The molecule has 47 valence electrons. The third-order valence-corrected chi connectivity index (χ3v) is 0. The molecule has 0 amide bonds. The third-order valence-electron chi connectivity index (χ3n) is 0. The normalized spacial score (nSPS) is 8.43. The Morgan fingerprint density at radius 3 is 1.14 bits per heavy atom. The van der Waals surface area contributed by atoms with E-state index in [1.165, 1.54) is 0 Å². The Morgan fingerprint density at radius 2 is 1.14 bits per heavy atom. The van der Waals surface area contributed by atoms with E-state index >= 15 is 0 Å². The van der Waals surface area contributed by atoms with Gasteiger partial charge in [-0.3, -0.25) is 0 Å². The molecule has 3 N–H and O–H groups in total. The molecule has 0 aliphatic carbocycles. The fourth-order valence-electron chi connectivity index (χ4n) is 0. The van der Waals surface area contributed by atoms with Gasteiger partial charge in [0.05, 0.1) is 0 Å². The molecular formula is H6BiEuO4P. The summed E-state index contributed by atoms with van der Waals surface area (Å²) in [5.41, 5.74) is 0. The molecule has 7 heteroatoms. The largest absolute Gasteiger partial charge is 0 e. The first-order valence-electron chi connectivity index (χ1n) is 0.783.